The Morgan fingerprint density at radius 1 is 1.16 bits per heavy atom. The fourth-order valence-electron chi connectivity index (χ4n) is 1.42. The lowest BCUT2D eigenvalue weighted by molar-refractivity contribution is 0.331. The smallest absolute Gasteiger partial charge is 0.313 e. The van der Waals surface area contributed by atoms with E-state index in [2.05, 4.69) is 0 Å². The zero-order chi connectivity index (χ0) is 14.2. The third kappa shape index (κ3) is 2.96. The van der Waals surface area contributed by atoms with Crippen molar-refractivity contribution in [3.63, 3.8) is 0 Å². The molecule has 1 unspecified atom stereocenters. The van der Waals surface area contributed by atoms with Gasteiger partial charge in [-0.1, -0.05) is 11.4 Å². The lowest BCUT2D eigenvalue weighted by Gasteiger charge is -2.21. The maximum Gasteiger partial charge on any atom is 0.318 e. The van der Waals surface area contributed by atoms with Gasteiger partial charge in [0.1, 0.15) is 5.82 Å². The summed E-state index contributed by atoms with van der Waals surface area (Å²) < 4.78 is 70.9. The molecule has 0 spiro atoms. The molecule has 1 aliphatic rings. The first-order valence-electron chi connectivity index (χ1n) is 5.27. The lowest BCUT2D eigenvalue weighted by Crippen LogP contribution is -2.03. The van der Waals surface area contributed by atoms with E-state index in [9.17, 15) is 22.1 Å². The van der Waals surface area contributed by atoms with Crippen molar-refractivity contribution in [3.8, 4) is 0 Å². The molecule has 106 valence electrons. The summed E-state index contributed by atoms with van der Waals surface area (Å²) in [5, 5.41) is 0. The van der Waals surface area contributed by atoms with Crippen LogP contribution in [-0.2, 0) is 9.09 Å². The van der Waals surface area contributed by atoms with Gasteiger partial charge >= 0.3 is 5.77 Å². The molecule has 0 aliphatic carbocycles. The Morgan fingerprint density at radius 2 is 1.84 bits per heavy atom. The fraction of sp³-hybridized carbons (Fsp3) is 0.400. The van der Waals surface area contributed by atoms with Crippen LogP contribution in [0, 0.1) is 30.2 Å². The number of rotatable bonds is 2. The molecule has 0 N–H and O–H groups in total. The Hall–Kier alpha value is -0.170. The average Bonchev–Trinajstić information content (AvgIpc) is 2.40. The van der Waals surface area contributed by atoms with Gasteiger partial charge in [0.2, 0.25) is 0 Å². The van der Waals surface area contributed by atoms with Crippen LogP contribution in [0.1, 0.15) is 12.0 Å². The van der Waals surface area contributed by atoms with E-state index in [4.69, 9.17) is 4.52 Å². The number of hydrogen-bond donors (Lipinski definition) is 0. The molecule has 1 aromatic rings. The molecule has 0 bridgehead atoms. The van der Waals surface area contributed by atoms with E-state index in [1.54, 1.807) is 0 Å². The molecule has 0 radical (unpaired) electrons. The topological polar surface area (TPSA) is 26.3 Å². The molecule has 0 saturated carbocycles. The van der Waals surface area contributed by atoms with Crippen LogP contribution in [0.4, 0.5) is 17.6 Å². The maximum absolute atomic E-state index is 13.8. The molecule has 1 atom stereocenters. The largest absolute Gasteiger partial charge is 0.318 e. The van der Waals surface area contributed by atoms with Gasteiger partial charge in [0, 0.05) is 11.3 Å². The molecule has 1 aliphatic heterocycles. The van der Waals surface area contributed by atoms with Crippen LogP contribution in [-0.4, -0.2) is 12.4 Å². The number of halogens is 4. The molecule has 0 amide bonds. The highest BCUT2D eigenvalue weighted by Crippen LogP contribution is 2.74. The third-order valence-corrected chi connectivity index (χ3v) is 9.45. The van der Waals surface area contributed by atoms with Crippen molar-refractivity contribution in [1.29, 1.82) is 0 Å². The minimum absolute atomic E-state index is 0.211. The molecule has 1 heterocycles. The Labute approximate surface area is 115 Å². The first kappa shape index (κ1) is 15.2. The molecule has 2 nitrogen and oxygen atoms in total. The normalized spacial score (nSPS) is 23.6. The number of benzene rings is 1. The van der Waals surface area contributed by atoms with Gasteiger partial charge in [-0.15, -0.1) is 0 Å². The zero-order valence-corrected chi connectivity index (χ0v) is 12.2. The van der Waals surface area contributed by atoms with Crippen LogP contribution in [0.15, 0.2) is 4.90 Å². The summed E-state index contributed by atoms with van der Waals surface area (Å²) in [6.07, 6.45) is 0.678. The predicted molar refractivity (Wildman–Crippen MR) is 67.5 cm³/mol. The van der Waals surface area contributed by atoms with Crippen LogP contribution in [0.2, 0.25) is 0 Å². The first-order valence-corrected chi connectivity index (χ1v) is 9.90. The summed E-state index contributed by atoms with van der Waals surface area (Å²) in [7, 11) is 0. The highest BCUT2D eigenvalue weighted by Gasteiger charge is 2.34. The van der Waals surface area contributed by atoms with E-state index < -0.39 is 39.5 Å². The molecule has 19 heavy (non-hydrogen) atoms. The molecule has 2 rings (SSSR count). The molecule has 9 heteroatoms. The summed E-state index contributed by atoms with van der Waals surface area (Å²) in [6, 6.07) is 0. The van der Waals surface area contributed by atoms with Gasteiger partial charge in [-0.3, -0.25) is 4.57 Å². The van der Waals surface area contributed by atoms with Gasteiger partial charge in [-0.25, -0.2) is 17.6 Å². The Kier molecular flexibility index (Phi) is 4.55. The highest BCUT2D eigenvalue weighted by atomic mass is 33.1. The van der Waals surface area contributed by atoms with Gasteiger partial charge < -0.3 is 4.52 Å². The third-order valence-electron chi connectivity index (χ3n) is 2.43. The predicted octanol–water partition coefficient (Wildman–Crippen LogP) is 4.91. The van der Waals surface area contributed by atoms with Crippen molar-refractivity contribution in [1.82, 2.24) is 0 Å². The van der Waals surface area contributed by atoms with Crippen LogP contribution in [0.3, 0.4) is 0 Å². The van der Waals surface area contributed by atoms with E-state index in [0.29, 0.717) is 23.6 Å². The molecule has 1 saturated heterocycles. The Balaban J connectivity index is 2.43. The minimum atomic E-state index is -3.38. The van der Waals surface area contributed by atoms with Crippen molar-refractivity contribution >= 4 is 28.5 Å². The van der Waals surface area contributed by atoms with Gasteiger partial charge in [-0.2, -0.15) is 0 Å². The Bertz CT molecular complexity index is 528. The standard InChI is InChI=1S/C10H9F4O2PS2/c1-5-6(11)8(13)9(14)10(7(5)12)19-17(15)16-3-2-4-18-17/h2-4H2,1H3. The minimum Gasteiger partial charge on any atom is -0.313 e. The SMILES string of the molecule is Cc1c(F)c(F)c(F)c(SP2(=O)OCCCS2)c1F. The fourth-order valence-corrected chi connectivity index (χ4v) is 8.06. The van der Waals surface area contributed by atoms with Crippen molar-refractivity contribution in [2.45, 2.75) is 18.2 Å². The van der Waals surface area contributed by atoms with Crippen molar-refractivity contribution in [2.24, 2.45) is 0 Å². The van der Waals surface area contributed by atoms with Crippen molar-refractivity contribution in [2.75, 3.05) is 12.4 Å². The van der Waals surface area contributed by atoms with Crippen molar-refractivity contribution < 1.29 is 26.7 Å². The molecule has 0 aromatic heterocycles. The second-order valence-electron chi connectivity index (χ2n) is 3.77. The van der Waals surface area contributed by atoms with E-state index in [1.807, 2.05) is 0 Å². The van der Waals surface area contributed by atoms with Crippen molar-refractivity contribution in [3.05, 3.63) is 28.8 Å². The van der Waals surface area contributed by atoms with E-state index >= 15 is 0 Å². The number of hydrogen-bond acceptors (Lipinski definition) is 4. The second kappa shape index (κ2) is 5.68. The summed E-state index contributed by atoms with van der Waals surface area (Å²) in [5.41, 5.74) is -0.644. The summed E-state index contributed by atoms with van der Waals surface area (Å²) in [4.78, 5) is -0.797. The molecule has 1 aromatic carbocycles. The van der Waals surface area contributed by atoms with Crippen LogP contribution in [0.5, 0.6) is 0 Å². The van der Waals surface area contributed by atoms with E-state index in [0.717, 1.165) is 18.3 Å². The summed E-state index contributed by atoms with van der Waals surface area (Å²) in [6.45, 7) is 1.20. The maximum atomic E-state index is 13.8. The van der Waals surface area contributed by atoms with Crippen LogP contribution < -0.4 is 0 Å². The monoisotopic (exact) mass is 332 g/mol. The molecular weight excluding hydrogens is 323 g/mol. The van der Waals surface area contributed by atoms with Crippen LogP contribution in [0.25, 0.3) is 0 Å². The molecular formula is C10H9F4O2PS2. The lowest BCUT2D eigenvalue weighted by atomic mass is 10.2. The van der Waals surface area contributed by atoms with Crippen LogP contribution >= 0.6 is 28.5 Å². The average molecular weight is 332 g/mol. The Morgan fingerprint density at radius 3 is 2.42 bits per heavy atom. The van der Waals surface area contributed by atoms with Gasteiger partial charge in [0.25, 0.3) is 0 Å². The first-order chi connectivity index (χ1) is 8.86. The summed E-state index contributed by atoms with van der Waals surface area (Å²) in [5.74, 6) is -9.11. The summed E-state index contributed by atoms with van der Waals surface area (Å²) >= 11 is 1.24. The quantitative estimate of drug-likeness (QED) is 0.333. The zero-order valence-electron chi connectivity index (χ0n) is 9.71. The highest BCUT2D eigenvalue weighted by molar-refractivity contribution is 8.89. The van der Waals surface area contributed by atoms with Gasteiger partial charge in [-0.05, 0) is 24.7 Å². The van der Waals surface area contributed by atoms with Gasteiger partial charge in [0.05, 0.1) is 11.5 Å². The molecule has 1 fully saturated rings. The van der Waals surface area contributed by atoms with E-state index in [-0.39, 0.29) is 6.61 Å². The second-order valence-corrected chi connectivity index (χ2v) is 11.1. The van der Waals surface area contributed by atoms with Gasteiger partial charge in [0.15, 0.2) is 17.5 Å². The van der Waals surface area contributed by atoms with E-state index in [1.165, 1.54) is 0 Å².